The minimum atomic E-state index is -0.623. The van der Waals surface area contributed by atoms with E-state index in [1.165, 1.54) is 0 Å². The number of halogens is 1. The van der Waals surface area contributed by atoms with E-state index in [-0.39, 0.29) is 0 Å². The first kappa shape index (κ1) is 21.3. The normalized spacial score (nSPS) is 10.5. The summed E-state index contributed by atoms with van der Waals surface area (Å²) in [6.07, 6.45) is 1.01. The number of anilines is 1. The fourth-order valence-electron chi connectivity index (χ4n) is 3.06. The molecule has 1 N–H and O–H groups in total. The van der Waals surface area contributed by atoms with Gasteiger partial charge in [0.1, 0.15) is 17.2 Å². The van der Waals surface area contributed by atoms with Crippen LogP contribution in [-0.4, -0.2) is 25.3 Å². The summed E-state index contributed by atoms with van der Waals surface area (Å²) in [7, 11) is 3.13. The number of methoxy groups -OCH3 is 2. The van der Waals surface area contributed by atoms with E-state index in [0.29, 0.717) is 45.0 Å². The van der Waals surface area contributed by atoms with Crippen LogP contribution < -0.4 is 24.3 Å². The number of para-hydroxylation sites is 1. The summed E-state index contributed by atoms with van der Waals surface area (Å²) in [5.41, 5.74) is 1.15. The Labute approximate surface area is 189 Å². The van der Waals surface area contributed by atoms with Gasteiger partial charge in [0.05, 0.1) is 24.8 Å². The molecule has 0 unspecified atom stereocenters. The molecule has 0 aliphatic rings. The Bertz CT molecular complexity index is 1260. The highest BCUT2D eigenvalue weighted by Crippen LogP contribution is 2.38. The number of aromatic nitrogens is 1. The topological polar surface area (TPSA) is 78.9 Å². The number of ether oxygens (including phenoxy) is 4. The molecule has 0 fully saturated rings. The number of hydrogen-bond donors (Lipinski definition) is 1. The number of benzene rings is 3. The Balaban J connectivity index is 1.54. The number of pyridine rings is 1. The SMILES string of the molecule is COc1cc2nccc(Oc3ccc(NC(=O)Oc4ccccc4)cc3Cl)c2cc1OC. The van der Waals surface area contributed by atoms with E-state index in [9.17, 15) is 4.79 Å². The van der Waals surface area contributed by atoms with Crippen molar-refractivity contribution < 1.29 is 23.7 Å². The summed E-state index contributed by atoms with van der Waals surface area (Å²) in [5, 5.41) is 3.68. The van der Waals surface area contributed by atoms with Gasteiger partial charge in [0.15, 0.2) is 11.5 Å². The van der Waals surface area contributed by atoms with E-state index >= 15 is 0 Å². The maximum absolute atomic E-state index is 12.1. The molecule has 7 nitrogen and oxygen atoms in total. The Morgan fingerprint density at radius 1 is 0.875 bits per heavy atom. The van der Waals surface area contributed by atoms with Crippen LogP contribution in [0.15, 0.2) is 72.9 Å². The van der Waals surface area contributed by atoms with Crippen molar-refractivity contribution in [3.05, 3.63) is 77.9 Å². The van der Waals surface area contributed by atoms with Gasteiger partial charge in [-0.3, -0.25) is 10.3 Å². The lowest BCUT2D eigenvalue weighted by atomic mass is 10.2. The van der Waals surface area contributed by atoms with Crippen molar-refractivity contribution in [3.63, 3.8) is 0 Å². The summed E-state index contributed by atoms with van der Waals surface area (Å²) in [4.78, 5) is 16.5. The van der Waals surface area contributed by atoms with Crippen LogP contribution in [0, 0.1) is 0 Å². The molecule has 0 saturated carbocycles. The zero-order valence-electron chi connectivity index (χ0n) is 17.3. The summed E-state index contributed by atoms with van der Waals surface area (Å²) in [5.74, 6) is 2.52. The number of nitrogens with one attached hydrogen (secondary N) is 1. The van der Waals surface area contributed by atoms with Gasteiger partial charge in [-0.25, -0.2) is 4.79 Å². The van der Waals surface area contributed by atoms with Crippen LogP contribution in [0.4, 0.5) is 10.5 Å². The Hall–Kier alpha value is -3.97. The lowest BCUT2D eigenvalue weighted by Gasteiger charge is -2.13. The van der Waals surface area contributed by atoms with Crippen molar-refractivity contribution in [3.8, 4) is 28.7 Å². The zero-order valence-corrected chi connectivity index (χ0v) is 18.1. The molecular weight excluding hydrogens is 432 g/mol. The molecule has 0 radical (unpaired) electrons. The first-order valence-corrected chi connectivity index (χ1v) is 9.97. The van der Waals surface area contributed by atoms with Gasteiger partial charge >= 0.3 is 6.09 Å². The van der Waals surface area contributed by atoms with Gasteiger partial charge < -0.3 is 18.9 Å². The molecule has 0 atom stereocenters. The molecule has 0 aliphatic heterocycles. The minimum Gasteiger partial charge on any atom is -0.493 e. The van der Waals surface area contributed by atoms with E-state index in [1.54, 1.807) is 81.1 Å². The third kappa shape index (κ3) is 4.68. The van der Waals surface area contributed by atoms with Crippen LogP contribution in [0.25, 0.3) is 10.9 Å². The molecule has 32 heavy (non-hydrogen) atoms. The molecule has 8 heteroatoms. The number of carbonyl (C=O) groups is 1. The first-order chi connectivity index (χ1) is 15.6. The largest absolute Gasteiger partial charge is 0.493 e. The van der Waals surface area contributed by atoms with E-state index in [4.69, 9.17) is 30.5 Å². The van der Waals surface area contributed by atoms with E-state index in [1.807, 2.05) is 6.07 Å². The molecule has 3 aromatic carbocycles. The van der Waals surface area contributed by atoms with Gasteiger partial charge in [0, 0.05) is 23.3 Å². The molecule has 1 amide bonds. The lowest BCUT2D eigenvalue weighted by Crippen LogP contribution is -2.16. The lowest BCUT2D eigenvalue weighted by molar-refractivity contribution is 0.215. The molecule has 1 heterocycles. The molecule has 1 aromatic heterocycles. The second kappa shape index (κ2) is 9.45. The van der Waals surface area contributed by atoms with Gasteiger partial charge in [-0.2, -0.15) is 0 Å². The maximum Gasteiger partial charge on any atom is 0.417 e. The third-order valence-corrected chi connectivity index (χ3v) is 4.85. The van der Waals surface area contributed by atoms with Crippen LogP contribution in [0.2, 0.25) is 5.02 Å². The Morgan fingerprint density at radius 3 is 2.34 bits per heavy atom. The third-order valence-electron chi connectivity index (χ3n) is 4.56. The van der Waals surface area contributed by atoms with Crippen LogP contribution in [-0.2, 0) is 0 Å². The van der Waals surface area contributed by atoms with Crippen molar-refractivity contribution in [1.29, 1.82) is 0 Å². The van der Waals surface area contributed by atoms with Crippen LogP contribution in [0.3, 0.4) is 0 Å². The highest BCUT2D eigenvalue weighted by Gasteiger charge is 2.13. The minimum absolute atomic E-state index is 0.313. The molecule has 0 spiro atoms. The van der Waals surface area contributed by atoms with E-state index in [2.05, 4.69) is 10.3 Å². The predicted octanol–water partition coefficient (Wildman–Crippen LogP) is 6.31. The number of carbonyl (C=O) groups excluding carboxylic acids is 1. The summed E-state index contributed by atoms with van der Waals surface area (Å²) in [6, 6.07) is 19.0. The van der Waals surface area contributed by atoms with Crippen molar-refractivity contribution in [2.75, 3.05) is 19.5 Å². The van der Waals surface area contributed by atoms with Crippen molar-refractivity contribution in [2.24, 2.45) is 0 Å². The quantitative estimate of drug-likeness (QED) is 0.371. The van der Waals surface area contributed by atoms with Gasteiger partial charge in [0.25, 0.3) is 0 Å². The maximum atomic E-state index is 12.1. The highest BCUT2D eigenvalue weighted by atomic mass is 35.5. The van der Waals surface area contributed by atoms with Crippen LogP contribution in [0.1, 0.15) is 0 Å². The Kier molecular flexibility index (Phi) is 6.28. The average Bonchev–Trinajstić information content (AvgIpc) is 2.80. The van der Waals surface area contributed by atoms with Gasteiger partial charge in [-0.05, 0) is 42.5 Å². The Morgan fingerprint density at radius 2 is 1.62 bits per heavy atom. The molecule has 0 saturated heterocycles. The summed E-state index contributed by atoms with van der Waals surface area (Å²) >= 11 is 6.40. The van der Waals surface area contributed by atoms with E-state index in [0.717, 1.165) is 5.39 Å². The molecule has 4 aromatic rings. The number of hydrogen-bond acceptors (Lipinski definition) is 6. The van der Waals surface area contributed by atoms with Crippen molar-refractivity contribution in [2.45, 2.75) is 0 Å². The fraction of sp³-hybridized carbons (Fsp3) is 0.0833. The molecule has 0 bridgehead atoms. The van der Waals surface area contributed by atoms with Crippen molar-refractivity contribution >= 4 is 34.3 Å². The monoisotopic (exact) mass is 450 g/mol. The van der Waals surface area contributed by atoms with Crippen LogP contribution in [0.5, 0.6) is 28.7 Å². The second-order valence-electron chi connectivity index (χ2n) is 6.61. The summed E-state index contributed by atoms with van der Waals surface area (Å²) in [6.45, 7) is 0. The molecule has 162 valence electrons. The number of nitrogens with zero attached hydrogens (tertiary/aromatic N) is 1. The second-order valence-corrected chi connectivity index (χ2v) is 7.02. The molecule has 4 rings (SSSR count). The fourth-order valence-corrected chi connectivity index (χ4v) is 3.27. The van der Waals surface area contributed by atoms with E-state index < -0.39 is 6.09 Å². The first-order valence-electron chi connectivity index (χ1n) is 9.59. The van der Waals surface area contributed by atoms with Gasteiger partial charge in [0.2, 0.25) is 0 Å². The average molecular weight is 451 g/mol. The van der Waals surface area contributed by atoms with Gasteiger partial charge in [-0.1, -0.05) is 29.8 Å². The van der Waals surface area contributed by atoms with Crippen LogP contribution >= 0.6 is 11.6 Å². The predicted molar refractivity (Wildman–Crippen MR) is 122 cm³/mol. The summed E-state index contributed by atoms with van der Waals surface area (Å²) < 4.78 is 22.0. The molecule has 0 aliphatic carbocycles. The standard InChI is InChI=1S/C24H19ClN2O5/c1-29-22-13-17-19(14-23(22)30-2)26-11-10-20(17)32-21-9-8-15(12-18(21)25)27-24(28)31-16-6-4-3-5-7-16/h3-14H,1-2H3,(H,27,28). The van der Waals surface area contributed by atoms with Crippen molar-refractivity contribution in [1.82, 2.24) is 4.98 Å². The smallest absolute Gasteiger partial charge is 0.417 e. The number of fused-ring (bicyclic) bond motifs is 1. The number of rotatable bonds is 6. The highest BCUT2D eigenvalue weighted by molar-refractivity contribution is 6.32. The van der Waals surface area contributed by atoms with Gasteiger partial charge in [-0.15, -0.1) is 0 Å². The zero-order chi connectivity index (χ0) is 22.5. The number of amides is 1. The molecular formula is C24H19ClN2O5.